The van der Waals surface area contributed by atoms with Crippen LogP contribution in [0.3, 0.4) is 0 Å². The van der Waals surface area contributed by atoms with Crippen LogP contribution in [0.15, 0.2) is 24.5 Å². The van der Waals surface area contributed by atoms with Crippen molar-refractivity contribution in [2.45, 2.75) is 32.7 Å². The normalized spacial score (nSPS) is 12.7. The minimum Gasteiger partial charge on any atom is -0.324 e. The molecule has 0 bridgehead atoms. The number of pyridine rings is 1. The minimum atomic E-state index is 0.0607. The van der Waals surface area contributed by atoms with Crippen LogP contribution in [0.25, 0.3) is 0 Å². The molecule has 1 atom stereocenters. The smallest absolute Gasteiger partial charge is 0.0521 e. The summed E-state index contributed by atoms with van der Waals surface area (Å²) in [6, 6.07) is 4.20. The van der Waals surface area contributed by atoms with E-state index in [1.807, 2.05) is 38.0 Å². The second kappa shape index (κ2) is 5.31. The van der Waals surface area contributed by atoms with Gasteiger partial charge in [-0.2, -0.15) is 5.10 Å². The van der Waals surface area contributed by atoms with Crippen molar-refractivity contribution >= 4 is 0 Å². The molecular formula is C14H20N4. The zero-order valence-electron chi connectivity index (χ0n) is 11.2. The Morgan fingerprint density at radius 1 is 1.28 bits per heavy atom. The van der Waals surface area contributed by atoms with E-state index in [0.29, 0.717) is 0 Å². The molecule has 2 rings (SSSR count). The van der Waals surface area contributed by atoms with Crippen LogP contribution >= 0.6 is 0 Å². The molecule has 0 spiro atoms. The highest BCUT2D eigenvalue weighted by atomic mass is 15.2. The molecule has 0 aliphatic heterocycles. The van der Waals surface area contributed by atoms with Crippen LogP contribution in [0.2, 0.25) is 0 Å². The predicted octanol–water partition coefficient (Wildman–Crippen LogP) is 2.06. The van der Waals surface area contributed by atoms with E-state index < -0.39 is 0 Å². The Morgan fingerprint density at radius 3 is 2.50 bits per heavy atom. The lowest BCUT2D eigenvalue weighted by Gasteiger charge is -2.12. The molecule has 96 valence electrons. The molecule has 0 amide bonds. The van der Waals surface area contributed by atoms with Crippen LogP contribution in [0.1, 0.15) is 35.0 Å². The molecule has 0 fully saturated rings. The van der Waals surface area contributed by atoms with Gasteiger partial charge in [-0.05, 0) is 49.9 Å². The third-order valence-corrected chi connectivity index (χ3v) is 3.03. The van der Waals surface area contributed by atoms with Gasteiger partial charge in [0.05, 0.1) is 6.20 Å². The zero-order valence-corrected chi connectivity index (χ0v) is 11.2. The lowest BCUT2D eigenvalue weighted by molar-refractivity contribution is 0.648. The van der Waals surface area contributed by atoms with E-state index >= 15 is 0 Å². The summed E-state index contributed by atoms with van der Waals surface area (Å²) in [7, 11) is 1.93. The molecule has 2 aromatic rings. The van der Waals surface area contributed by atoms with Crippen LogP contribution in [0.5, 0.6) is 0 Å². The quantitative estimate of drug-likeness (QED) is 0.895. The molecule has 0 radical (unpaired) electrons. The van der Waals surface area contributed by atoms with Gasteiger partial charge in [-0.15, -0.1) is 0 Å². The summed E-state index contributed by atoms with van der Waals surface area (Å²) in [5.41, 5.74) is 10.7. The number of hydrogen-bond donors (Lipinski definition) is 1. The number of nitrogens with two attached hydrogens (primary N) is 1. The maximum absolute atomic E-state index is 6.23. The Hall–Kier alpha value is -1.68. The third-order valence-electron chi connectivity index (χ3n) is 3.03. The van der Waals surface area contributed by atoms with Crippen LogP contribution in [-0.4, -0.2) is 14.8 Å². The SMILES string of the molecule is Cc1cc(C(N)CCc2cnn(C)c2)cc(C)n1. The Morgan fingerprint density at radius 2 is 1.94 bits per heavy atom. The molecule has 18 heavy (non-hydrogen) atoms. The lowest BCUT2D eigenvalue weighted by atomic mass is 10.0. The van der Waals surface area contributed by atoms with Crippen LogP contribution in [0, 0.1) is 13.8 Å². The standard InChI is InChI=1S/C14H20N4/c1-10-6-13(7-11(2)17-10)14(15)5-4-12-8-16-18(3)9-12/h6-9,14H,4-5,15H2,1-3H3. The molecule has 0 saturated heterocycles. The van der Waals surface area contributed by atoms with Crippen molar-refractivity contribution < 1.29 is 0 Å². The molecule has 4 heteroatoms. The molecule has 2 aromatic heterocycles. The zero-order chi connectivity index (χ0) is 13.1. The van der Waals surface area contributed by atoms with Gasteiger partial charge in [-0.25, -0.2) is 0 Å². The van der Waals surface area contributed by atoms with Crippen LogP contribution in [0.4, 0.5) is 0 Å². The van der Waals surface area contributed by atoms with Gasteiger partial charge in [0.2, 0.25) is 0 Å². The first-order valence-electron chi connectivity index (χ1n) is 6.23. The van der Waals surface area contributed by atoms with Gasteiger partial charge in [-0.3, -0.25) is 9.67 Å². The Bertz CT molecular complexity index is 510. The number of hydrogen-bond acceptors (Lipinski definition) is 3. The van der Waals surface area contributed by atoms with Crippen LogP contribution < -0.4 is 5.73 Å². The summed E-state index contributed by atoms with van der Waals surface area (Å²) < 4.78 is 1.82. The monoisotopic (exact) mass is 244 g/mol. The van der Waals surface area contributed by atoms with Crippen molar-refractivity contribution in [2.24, 2.45) is 12.8 Å². The lowest BCUT2D eigenvalue weighted by Crippen LogP contribution is -2.12. The Labute approximate surface area is 108 Å². The maximum atomic E-state index is 6.23. The van der Waals surface area contributed by atoms with E-state index in [1.165, 1.54) is 11.1 Å². The molecule has 0 aliphatic rings. The molecule has 1 unspecified atom stereocenters. The van der Waals surface area contributed by atoms with Crippen molar-refractivity contribution in [3.05, 3.63) is 47.0 Å². The van der Waals surface area contributed by atoms with E-state index in [2.05, 4.69) is 22.2 Å². The fourth-order valence-corrected chi connectivity index (χ4v) is 2.17. The number of nitrogens with zero attached hydrogens (tertiary/aromatic N) is 3. The topological polar surface area (TPSA) is 56.7 Å². The van der Waals surface area contributed by atoms with Crippen molar-refractivity contribution in [3.8, 4) is 0 Å². The van der Waals surface area contributed by atoms with E-state index in [9.17, 15) is 0 Å². The predicted molar refractivity (Wildman–Crippen MR) is 72.2 cm³/mol. The van der Waals surface area contributed by atoms with Gasteiger partial charge in [-0.1, -0.05) is 0 Å². The summed E-state index contributed by atoms with van der Waals surface area (Å²) in [4.78, 5) is 4.37. The van der Waals surface area contributed by atoms with E-state index in [0.717, 1.165) is 24.2 Å². The third kappa shape index (κ3) is 3.17. The number of aryl methyl sites for hydroxylation is 4. The summed E-state index contributed by atoms with van der Waals surface area (Å²) in [6.45, 7) is 4.01. The van der Waals surface area contributed by atoms with E-state index in [1.54, 1.807) is 0 Å². The highest BCUT2D eigenvalue weighted by molar-refractivity contribution is 5.23. The molecule has 0 aliphatic carbocycles. The van der Waals surface area contributed by atoms with Crippen LogP contribution in [-0.2, 0) is 13.5 Å². The fraction of sp³-hybridized carbons (Fsp3) is 0.429. The summed E-state index contributed by atoms with van der Waals surface area (Å²) in [6.07, 6.45) is 5.82. The van der Waals surface area contributed by atoms with Gasteiger partial charge in [0, 0.05) is 30.7 Å². The first-order valence-corrected chi connectivity index (χ1v) is 6.23. The average molecular weight is 244 g/mol. The summed E-state index contributed by atoms with van der Waals surface area (Å²) in [5.74, 6) is 0. The molecule has 4 nitrogen and oxygen atoms in total. The molecule has 2 heterocycles. The number of rotatable bonds is 4. The highest BCUT2D eigenvalue weighted by Gasteiger charge is 2.08. The Balaban J connectivity index is 2.01. The minimum absolute atomic E-state index is 0.0607. The molecular weight excluding hydrogens is 224 g/mol. The Kier molecular flexibility index (Phi) is 3.77. The van der Waals surface area contributed by atoms with Gasteiger partial charge < -0.3 is 5.73 Å². The summed E-state index contributed by atoms with van der Waals surface area (Å²) >= 11 is 0. The van der Waals surface area contributed by atoms with Gasteiger partial charge in [0.25, 0.3) is 0 Å². The van der Waals surface area contributed by atoms with E-state index in [-0.39, 0.29) is 6.04 Å². The largest absolute Gasteiger partial charge is 0.324 e. The molecule has 2 N–H and O–H groups in total. The number of aromatic nitrogens is 3. The maximum Gasteiger partial charge on any atom is 0.0521 e. The first kappa shape index (κ1) is 12.8. The average Bonchev–Trinajstić information content (AvgIpc) is 2.70. The molecule has 0 saturated carbocycles. The first-order chi connectivity index (χ1) is 8.54. The van der Waals surface area contributed by atoms with Gasteiger partial charge >= 0.3 is 0 Å². The second-order valence-corrected chi connectivity index (χ2v) is 4.85. The van der Waals surface area contributed by atoms with Crippen molar-refractivity contribution in [1.82, 2.24) is 14.8 Å². The van der Waals surface area contributed by atoms with Crippen molar-refractivity contribution in [2.75, 3.05) is 0 Å². The van der Waals surface area contributed by atoms with Gasteiger partial charge in [0.1, 0.15) is 0 Å². The summed E-state index contributed by atoms with van der Waals surface area (Å²) in [5, 5.41) is 4.16. The van der Waals surface area contributed by atoms with Crippen molar-refractivity contribution in [1.29, 1.82) is 0 Å². The second-order valence-electron chi connectivity index (χ2n) is 4.85. The van der Waals surface area contributed by atoms with Crippen molar-refractivity contribution in [3.63, 3.8) is 0 Å². The van der Waals surface area contributed by atoms with E-state index in [4.69, 9.17) is 5.73 Å². The molecule has 0 aromatic carbocycles. The highest BCUT2D eigenvalue weighted by Crippen LogP contribution is 2.18. The fourth-order valence-electron chi connectivity index (χ4n) is 2.17. The van der Waals surface area contributed by atoms with Gasteiger partial charge in [0.15, 0.2) is 0 Å².